The molecule has 1 N–H and O–H groups in total. The zero-order valence-electron chi connectivity index (χ0n) is 16.8. The highest BCUT2D eigenvalue weighted by molar-refractivity contribution is 8.18. The number of para-hydroxylation sites is 1. The molecule has 10 heteroatoms. The molecule has 0 aliphatic carbocycles. The molecule has 1 aliphatic heterocycles. The van der Waals surface area contributed by atoms with Crippen LogP contribution in [-0.4, -0.2) is 33.1 Å². The normalized spacial score (nSPS) is 16.2. The molecular weight excluding hydrogens is 434 g/mol. The molecule has 9 nitrogen and oxygen atoms in total. The number of hydrogen-bond donors (Lipinski definition) is 1. The van der Waals surface area contributed by atoms with Crippen LogP contribution >= 0.6 is 11.8 Å². The standard InChI is InChI=1S/C22H17N3O6S/c1-30-18-11-14(10-17(20(18)26)25(28)29)12-19-21(27)24(13-16-8-5-9-31-16)22(32-19)23-15-6-3-2-4-7-15/h2-12,26H,13H2,1H3/b19-12-,23-22?. The van der Waals surface area contributed by atoms with Crippen molar-refractivity contribution in [3.05, 3.63) is 87.2 Å². The van der Waals surface area contributed by atoms with Gasteiger partial charge in [0.25, 0.3) is 5.91 Å². The lowest BCUT2D eigenvalue weighted by molar-refractivity contribution is -0.386. The van der Waals surface area contributed by atoms with Crippen LogP contribution in [0.5, 0.6) is 11.5 Å². The molecule has 0 unspecified atom stereocenters. The molecule has 162 valence electrons. The van der Waals surface area contributed by atoms with Gasteiger partial charge in [-0.05, 0) is 53.7 Å². The van der Waals surface area contributed by atoms with Crippen molar-refractivity contribution >= 4 is 40.3 Å². The van der Waals surface area contributed by atoms with Crippen molar-refractivity contribution in [2.75, 3.05) is 7.11 Å². The van der Waals surface area contributed by atoms with Crippen LogP contribution in [0.1, 0.15) is 11.3 Å². The molecule has 1 saturated heterocycles. The topological polar surface area (TPSA) is 118 Å². The second-order valence-corrected chi connectivity index (χ2v) is 7.67. The van der Waals surface area contributed by atoms with Gasteiger partial charge in [0.15, 0.2) is 10.9 Å². The number of hydrogen-bond acceptors (Lipinski definition) is 8. The molecular formula is C22H17N3O6S. The van der Waals surface area contributed by atoms with E-state index in [1.54, 1.807) is 12.1 Å². The molecule has 32 heavy (non-hydrogen) atoms. The third-order valence-electron chi connectivity index (χ3n) is 4.55. The monoisotopic (exact) mass is 451 g/mol. The molecule has 3 aromatic rings. The van der Waals surface area contributed by atoms with Crippen LogP contribution in [0, 0.1) is 10.1 Å². The first-order valence-electron chi connectivity index (χ1n) is 9.39. The van der Waals surface area contributed by atoms with Crippen LogP contribution in [0.4, 0.5) is 11.4 Å². The number of amides is 1. The molecule has 0 spiro atoms. The van der Waals surface area contributed by atoms with Crippen LogP contribution in [0.15, 0.2) is 75.2 Å². The molecule has 1 aromatic heterocycles. The number of nitrogens with zero attached hydrogens (tertiary/aromatic N) is 3. The Bertz CT molecular complexity index is 1220. The molecule has 2 heterocycles. The maximum atomic E-state index is 13.2. The summed E-state index contributed by atoms with van der Waals surface area (Å²) in [5.74, 6) is -0.374. The predicted molar refractivity (Wildman–Crippen MR) is 120 cm³/mol. The largest absolute Gasteiger partial charge is 0.500 e. The van der Waals surface area contributed by atoms with Gasteiger partial charge < -0.3 is 14.3 Å². The van der Waals surface area contributed by atoms with Crippen molar-refractivity contribution in [1.82, 2.24) is 4.90 Å². The number of carbonyl (C=O) groups is 1. The number of nitro benzene ring substituents is 1. The fraction of sp³-hybridized carbons (Fsp3) is 0.0909. The van der Waals surface area contributed by atoms with Gasteiger partial charge in [-0.3, -0.25) is 19.8 Å². The van der Waals surface area contributed by atoms with Gasteiger partial charge in [0.1, 0.15) is 5.76 Å². The van der Waals surface area contributed by atoms with Crippen molar-refractivity contribution in [3.63, 3.8) is 0 Å². The molecule has 0 bridgehead atoms. The predicted octanol–water partition coefficient (Wildman–Crippen LogP) is 4.71. The van der Waals surface area contributed by atoms with E-state index in [2.05, 4.69) is 4.99 Å². The summed E-state index contributed by atoms with van der Waals surface area (Å²) in [6.45, 7) is 0.181. The number of amidine groups is 1. The van der Waals surface area contributed by atoms with E-state index in [0.29, 0.717) is 27.1 Å². The lowest BCUT2D eigenvalue weighted by atomic mass is 10.1. The smallest absolute Gasteiger partial charge is 0.315 e. The minimum Gasteiger partial charge on any atom is -0.500 e. The summed E-state index contributed by atoms with van der Waals surface area (Å²) in [6.07, 6.45) is 3.03. The van der Waals surface area contributed by atoms with E-state index >= 15 is 0 Å². The van der Waals surface area contributed by atoms with Gasteiger partial charge >= 0.3 is 5.69 Å². The summed E-state index contributed by atoms with van der Waals surface area (Å²) in [5.41, 5.74) is 0.494. The lowest BCUT2D eigenvalue weighted by Gasteiger charge is -2.13. The lowest BCUT2D eigenvalue weighted by Crippen LogP contribution is -2.28. The van der Waals surface area contributed by atoms with Gasteiger partial charge in [-0.2, -0.15) is 0 Å². The van der Waals surface area contributed by atoms with Crippen molar-refractivity contribution in [2.24, 2.45) is 4.99 Å². The molecule has 1 amide bonds. The Morgan fingerprint density at radius 2 is 2.03 bits per heavy atom. The van der Waals surface area contributed by atoms with E-state index in [0.717, 1.165) is 11.8 Å². The number of nitro groups is 1. The Kier molecular flexibility index (Phi) is 5.95. The Labute approximate surface area is 186 Å². The van der Waals surface area contributed by atoms with E-state index in [9.17, 15) is 20.0 Å². The quantitative estimate of drug-likeness (QED) is 0.328. The van der Waals surface area contributed by atoms with E-state index in [1.807, 2.05) is 30.3 Å². The Hall–Kier alpha value is -4.05. The number of aliphatic imine (C=N–C) groups is 1. The van der Waals surface area contributed by atoms with Crippen LogP contribution in [0.2, 0.25) is 0 Å². The van der Waals surface area contributed by atoms with Gasteiger partial charge in [-0.1, -0.05) is 18.2 Å². The highest BCUT2D eigenvalue weighted by atomic mass is 32.2. The third kappa shape index (κ3) is 4.35. The Balaban J connectivity index is 1.74. The van der Waals surface area contributed by atoms with Crippen molar-refractivity contribution in [3.8, 4) is 11.5 Å². The Morgan fingerprint density at radius 3 is 2.69 bits per heavy atom. The van der Waals surface area contributed by atoms with Crippen LogP contribution < -0.4 is 4.74 Å². The number of thioether (sulfide) groups is 1. The SMILES string of the molecule is COc1cc(/C=C2\SC(=Nc3ccccc3)N(Cc3ccco3)C2=O)cc([N+](=O)[O-])c1O. The maximum absolute atomic E-state index is 13.2. The molecule has 1 fully saturated rings. The summed E-state index contributed by atoms with van der Waals surface area (Å²) < 4.78 is 10.4. The van der Waals surface area contributed by atoms with E-state index in [-0.39, 0.29) is 18.2 Å². The summed E-state index contributed by atoms with van der Waals surface area (Å²) in [5, 5.41) is 21.7. The zero-order chi connectivity index (χ0) is 22.7. The maximum Gasteiger partial charge on any atom is 0.315 e. The average molecular weight is 451 g/mol. The molecule has 1 aliphatic rings. The minimum atomic E-state index is -0.713. The minimum absolute atomic E-state index is 0.0629. The van der Waals surface area contributed by atoms with Crippen LogP contribution in [0.25, 0.3) is 6.08 Å². The van der Waals surface area contributed by atoms with Crippen molar-refractivity contribution in [1.29, 1.82) is 0 Å². The first-order chi connectivity index (χ1) is 15.5. The van der Waals surface area contributed by atoms with Crippen molar-refractivity contribution in [2.45, 2.75) is 6.54 Å². The summed E-state index contributed by atoms with van der Waals surface area (Å²) in [7, 11) is 1.29. The molecule has 4 rings (SSSR count). The molecule has 0 radical (unpaired) electrons. The number of benzene rings is 2. The number of carbonyl (C=O) groups excluding carboxylic acids is 1. The number of phenolic OH excluding ortho intramolecular Hbond substituents is 1. The number of rotatable bonds is 6. The van der Waals surface area contributed by atoms with Crippen LogP contribution in [0.3, 0.4) is 0 Å². The summed E-state index contributed by atoms with van der Waals surface area (Å²) >= 11 is 1.14. The molecule has 2 aromatic carbocycles. The first kappa shape index (κ1) is 21.2. The highest BCUT2D eigenvalue weighted by Crippen LogP contribution is 2.40. The highest BCUT2D eigenvalue weighted by Gasteiger charge is 2.34. The number of furan rings is 1. The van der Waals surface area contributed by atoms with E-state index < -0.39 is 16.4 Å². The van der Waals surface area contributed by atoms with E-state index in [1.165, 1.54) is 36.5 Å². The Morgan fingerprint density at radius 1 is 1.25 bits per heavy atom. The number of ether oxygens (including phenoxy) is 1. The summed E-state index contributed by atoms with van der Waals surface area (Å²) in [4.78, 5) is 30.1. The number of phenols is 1. The van der Waals surface area contributed by atoms with E-state index in [4.69, 9.17) is 9.15 Å². The van der Waals surface area contributed by atoms with Gasteiger partial charge in [-0.25, -0.2) is 4.99 Å². The van der Waals surface area contributed by atoms with Gasteiger partial charge in [-0.15, -0.1) is 0 Å². The third-order valence-corrected chi connectivity index (χ3v) is 5.56. The fourth-order valence-corrected chi connectivity index (χ4v) is 4.04. The summed E-state index contributed by atoms with van der Waals surface area (Å²) in [6, 6.07) is 15.3. The molecule has 0 saturated carbocycles. The number of aromatic hydroxyl groups is 1. The van der Waals surface area contributed by atoms with Gasteiger partial charge in [0.2, 0.25) is 5.75 Å². The average Bonchev–Trinajstić information content (AvgIpc) is 3.40. The van der Waals surface area contributed by atoms with Gasteiger partial charge in [0, 0.05) is 6.07 Å². The molecule has 0 atom stereocenters. The van der Waals surface area contributed by atoms with Gasteiger partial charge in [0.05, 0.1) is 35.4 Å². The zero-order valence-corrected chi connectivity index (χ0v) is 17.6. The number of methoxy groups -OCH3 is 1. The fourth-order valence-electron chi connectivity index (χ4n) is 3.05. The second-order valence-electron chi connectivity index (χ2n) is 6.66. The first-order valence-corrected chi connectivity index (χ1v) is 10.2. The second kappa shape index (κ2) is 8.98. The van der Waals surface area contributed by atoms with Crippen LogP contribution in [-0.2, 0) is 11.3 Å². The van der Waals surface area contributed by atoms with Crippen molar-refractivity contribution < 1.29 is 24.0 Å².